The quantitative estimate of drug-likeness (QED) is 0.0717. The minimum atomic E-state index is -1.42. The molecule has 51 heavy (non-hydrogen) atoms. The van der Waals surface area contributed by atoms with E-state index >= 15 is 0 Å². The van der Waals surface area contributed by atoms with Gasteiger partial charge in [-0.15, -0.1) is 0 Å². The first-order chi connectivity index (χ1) is 24.3. The zero-order chi connectivity index (χ0) is 36.9. The second-order valence-electron chi connectivity index (χ2n) is 14.3. The zero-order valence-electron chi connectivity index (χ0n) is 30.2. The lowest BCUT2D eigenvalue weighted by atomic mass is 9.90. The monoisotopic (exact) mass is 714 g/mol. The van der Waals surface area contributed by atoms with E-state index in [4.69, 9.17) is 18.7 Å². The summed E-state index contributed by atoms with van der Waals surface area (Å²) in [5, 5.41) is 15.6. The number of aliphatic hydroxyl groups is 1. The van der Waals surface area contributed by atoms with Crippen molar-refractivity contribution in [1.82, 2.24) is 10.2 Å². The van der Waals surface area contributed by atoms with Crippen LogP contribution < -0.4 is 5.32 Å². The van der Waals surface area contributed by atoms with E-state index in [1.165, 1.54) is 4.90 Å². The molecule has 2 amide bonds. The molecule has 2 unspecified atom stereocenters. The number of carbonyl (C=O) groups excluding carboxylic acids is 2. The highest BCUT2D eigenvalue weighted by Crippen LogP contribution is 2.27. The second kappa shape index (κ2) is 18.8. The molecule has 9 nitrogen and oxygen atoms in total. The molecule has 0 aromatic heterocycles. The van der Waals surface area contributed by atoms with E-state index in [0.717, 1.165) is 33.6 Å². The highest BCUT2D eigenvalue weighted by atomic mass is 32.2. The molecule has 0 aliphatic rings. The van der Waals surface area contributed by atoms with Crippen LogP contribution in [0.1, 0.15) is 58.2 Å². The van der Waals surface area contributed by atoms with Gasteiger partial charge in [-0.05, 0) is 83.2 Å². The first-order valence-corrected chi connectivity index (χ1v) is 17.9. The SMILES string of the molecule is CC(C)(C)OC(=O)N[C@@H](Cc1ccccc1)C(OOSc1ccccc1)C(O)[C@H](Cc1ccccc1)N(Cc1ccccc1)C(=O)OC(C)(C)C. The Bertz CT molecular complexity index is 1610. The minimum Gasteiger partial charge on any atom is -0.444 e. The van der Waals surface area contributed by atoms with Crippen molar-refractivity contribution in [2.45, 2.75) is 101 Å². The van der Waals surface area contributed by atoms with E-state index in [2.05, 4.69) is 5.32 Å². The summed E-state index contributed by atoms with van der Waals surface area (Å²) in [5.74, 6) is 0. The highest BCUT2D eigenvalue weighted by Gasteiger charge is 2.42. The molecule has 0 radical (unpaired) electrons. The number of nitrogens with zero attached hydrogens (tertiary/aromatic N) is 1. The average Bonchev–Trinajstić information content (AvgIpc) is 3.08. The number of hydrogen-bond acceptors (Lipinski definition) is 8. The third-order valence-electron chi connectivity index (χ3n) is 7.66. The smallest absolute Gasteiger partial charge is 0.410 e. The van der Waals surface area contributed by atoms with Crippen molar-refractivity contribution in [2.24, 2.45) is 0 Å². The number of carbonyl (C=O) groups is 2. The van der Waals surface area contributed by atoms with Crippen LogP contribution >= 0.6 is 12.0 Å². The van der Waals surface area contributed by atoms with E-state index < -0.39 is 47.7 Å². The fourth-order valence-corrected chi connectivity index (χ4v) is 5.90. The van der Waals surface area contributed by atoms with Crippen LogP contribution in [0.4, 0.5) is 9.59 Å². The van der Waals surface area contributed by atoms with Crippen molar-refractivity contribution < 1.29 is 33.4 Å². The van der Waals surface area contributed by atoms with Gasteiger partial charge in [-0.1, -0.05) is 109 Å². The number of alkyl carbamates (subject to hydrolysis) is 1. The van der Waals surface area contributed by atoms with Crippen molar-refractivity contribution in [2.75, 3.05) is 0 Å². The summed E-state index contributed by atoms with van der Waals surface area (Å²) in [6.45, 7) is 10.9. The van der Waals surface area contributed by atoms with Crippen LogP contribution in [-0.4, -0.2) is 57.7 Å². The Morgan fingerprint density at radius 3 is 1.67 bits per heavy atom. The largest absolute Gasteiger partial charge is 0.444 e. The number of ether oxygens (including phenoxy) is 2. The van der Waals surface area contributed by atoms with Crippen LogP contribution in [0.3, 0.4) is 0 Å². The normalized spacial score (nSPS) is 14.1. The maximum atomic E-state index is 14.1. The molecule has 2 N–H and O–H groups in total. The number of rotatable bonds is 15. The summed E-state index contributed by atoms with van der Waals surface area (Å²) in [5.41, 5.74) is 1.00. The molecule has 272 valence electrons. The molecule has 0 aliphatic heterocycles. The lowest BCUT2D eigenvalue weighted by molar-refractivity contribution is -0.266. The average molecular weight is 715 g/mol. The Kier molecular flexibility index (Phi) is 14.5. The summed E-state index contributed by atoms with van der Waals surface area (Å²) in [6, 6.07) is 36.3. The van der Waals surface area contributed by atoms with Gasteiger partial charge in [0.15, 0.2) is 0 Å². The zero-order valence-corrected chi connectivity index (χ0v) is 31.0. The molecule has 0 fully saturated rings. The van der Waals surface area contributed by atoms with Gasteiger partial charge in [-0.25, -0.2) is 14.5 Å². The maximum absolute atomic E-state index is 14.1. The molecule has 4 aromatic carbocycles. The first kappa shape index (κ1) is 39.4. The fourth-order valence-electron chi connectivity index (χ4n) is 5.43. The molecule has 0 bridgehead atoms. The molecule has 10 heteroatoms. The van der Waals surface area contributed by atoms with E-state index in [-0.39, 0.29) is 19.4 Å². The van der Waals surface area contributed by atoms with Crippen molar-refractivity contribution in [3.8, 4) is 0 Å². The molecule has 0 saturated heterocycles. The minimum absolute atomic E-state index is 0.138. The summed E-state index contributed by atoms with van der Waals surface area (Å²) in [6.07, 6.45) is -3.42. The van der Waals surface area contributed by atoms with Gasteiger partial charge in [0, 0.05) is 11.4 Å². The predicted molar refractivity (Wildman–Crippen MR) is 200 cm³/mol. The van der Waals surface area contributed by atoms with Crippen molar-refractivity contribution in [3.05, 3.63) is 138 Å². The Morgan fingerprint density at radius 2 is 1.16 bits per heavy atom. The molecule has 0 aliphatic carbocycles. The predicted octanol–water partition coefficient (Wildman–Crippen LogP) is 8.56. The highest BCUT2D eigenvalue weighted by molar-refractivity contribution is 7.94. The second-order valence-corrected chi connectivity index (χ2v) is 15.1. The third-order valence-corrected chi connectivity index (χ3v) is 8.27. The Balaban J connectivity index is 1.81. The fraction of sp³-hybridized carbons (Fsp3) is 0.366. The van der Waals surface area contributed by atoms with Crippen LogP contribution in [0.25, 0.3) is 0 Å². The van der Waals surface area contributed by atoms with E-state index in [1.54, 1.807) is 41.5 Å². The molecule has 4 rings (SSSR count). The van der Waals surface area contributed by atoms with Crippen LogP contribution in [0, 0.1) is 0 Å². The number of benzene rings is 4. The molecule has 0 heterocycles. The van der Waals surface area contributed by atoms with E-state index in [1.807, 2.05) is 121 Å². The van der Waals surface area contributed by atoms with Gasteiger partial charge >= 0.3 is 12.2 Å². The third kappa shape index (κ3) is 13.7. The van der Waals surface area contributed by atoms with Gasteiger partial charge in [0.05, 0.1) is 24.1 Å². The summed E-state index contributed by atoms with van der Waals surface area (Å²) < 4.78 is 17.4. The van der Waals surface area contributed by atoms with Crippen molar-refractivity contribution >= 4 is 24.2 Å². The van der Waals surface area contributed by atoms with Crippen LogP contribution in [0.15, 0.2) is 126 Å². The van der Waals surface area contributed by atoms with E-state index in [0.29, 0.717) is 0 Å². The van der Waals surface area contributed by atoms with Crippen molar-refractivity contribution in [3.63, 3.8) is 0 Å². The van der Waals surface area contributed by atoms with Gasteiger partial charge in [0.2, 0.25) is 0 Å². The topological polar surface area (TPSA) is 107 Å². The Hall–Kier alpha value is -4.35. The summed E-state index contributed by atoms with van der Waals surface area (Å²) in [4.78, 5) is 36.0. The van der Waals surface area contributed by atoms with Crippen LogP contribution in [-0.2, 0) is 38.1 Å². The number of nitrogens with one attached hydrogen (secondary N) is 1. The lowest BCUT2D eigenvalue weighted by Crippen LogP contribution is -2.59. The van der Waals surface area contributed by atoms with E-state index in [9.17, 15) is 14.7 Å². The number of aliphatic hydroxyl groups excluding tert-OH is 1. The Morgan fingerprint density at radius 1 is 0.686 bits per heavy atom. The summed E-state index contributed by atoms with van der Waals surface area (Å²) >= 11 is 0.977. The Labute approximate surface area is 306 Å². The standard InChI is InChI=1S/C41H50N2O7S/c1-40(2,3)47-38(45)42-34(27-30-19-11-7-12-20-30)37(49-50-51-33-25-17-10-18-26-33)36(44)35(28-31-21-13-8-14-22-31)43(39(46)48-41(4,5)6)29-32-23-15-9-16-24-32/h7-26,34-37,44H,27-29H2,1-6H3,(H,42,45)/t34-,35-,36?,37?/m0/s1. The first-order valence-electron chi connectivity index (χ1n) is 17.1. The molecular weight excluding hydrogens is 665 g/mol. The number of amides is 2. The van der Waals surface area contributed by atoms with Gasteiger partial charge in [0.25, 0.3) is 0 Å². The maximum Gasteiger partial charge on any atom is 0.410 e. The number of hydrogen-bond donors (Lipinski definition) is 2. The lowest BCUT2D eigenvalue weighted by Gasteiger charge is -2.40. The van der Waals surface area contributed by atoms with Crippen molar-refractivity contribution in [1.29, 1.82) is 0 Å². The van der Waals surface area contributed by atoms with Gasteiger partial charge in [-0.3, -0.25) is 4.90 Å². The van der Waals surface area contributed by atoms with Gasteiger partial charge < -0.3 is 19.9 Å². The van der Waals surface area contributed by atoms with Crippen LogP contribution in [0.5, 0.6) is 0 Å². The van der Waals surface area contributed by atoms with Gasteiger partial charge in [0.1, 0.15) is 23.4 Å². The molecule has 4 atom stereocenters. The van der Waals surface area contributed by atoms with Gasteiger partial charge in [-0.2, -0.15) is 4.33 Å². The summed E-state index contributed by atoms with van der Waals surface area (Å²) in [7, 11) is 0. The molecule has 0 saturated carbocycles. The van der Waals surface area contributed by atoms with Crippen LogP contribution in [0.2, 0.25) is 0 Å². The molecule has 0 spiro atoms. The molecule has 4 aromatic rings. The molecular formula is C41H50N2O7S.